The number of aliphatic hydroxyl groups excluding tert-OH is 1. The van der Waals surface area contributed by atoms with Gasteiger partial charge in [0.05, 0.1) is 11.1 Å². The van der Waals surface area contributed by atoms with Crippen LogP contribution in [-0.4, -0.2) is 50.4 Å². The van der Waals surface area contributed by atoms with Crippen LogP contribution in [0.5, 0.6) is 5.75 Å². The van der Waals surface area contributed by atoms with Crippen molar-refractivity contribution in [1.82, 2.24) is 10.2 Å². The molecule has 24 heavy (non-hydrogen) atoms. The second kappa shape index (κ2) is 6.89. The first-order chi connectivity index (χ1) is 11.4. The van der Waals surface area contributed by atoms with Crippen molar-refractivity contribution >= 4 is 28.9 Å². The molecule has 1 aromatic carbocycles. The first kappa shape index (κ1) is 16.9. The number of phenols is 1. The second-order valence-electron chi connectivity index (χ2n) is 5.41. The molecule has 1 fully saturated rings. The van der Waals surface area contributed by atoms with Crippen LogP contribution in [0.15, 0.2) is 28.1 Å². The van der Waals surface area contributed by atoms with Crippen LogP contribution in [0.4, 0.5) is 4.39 Å². The highest BCUT2D eigenvalue weighted by atomic mass is 32.2. The molecule has 0 saturated carbocycles. The number of rotatable bonds is 3. The molecule has 128 valence electrons. The van der Waals surface area contributed by atoms with Crippen molar-refractivity contribution in [2.75, 3.05) is 6.54 Å². The summed E-state index contributed by atoms with van der Waals surface area (Å²) < 4.78 is 13.3. The Morgan fingerprint density at radius 2 is 2.25 bits per heavy atom. The molecule has 0 spiro atoms. The molecule has 1 saturated heterocycles. The lowest BCUT2D eigenvalue weighted by Crippen LogP contribution is -2.47. The van der Waals surface area contributed by atoms with Crippen LogP contribution in [-0.2, 0) is 4.79 Å². The lowest BCUT2D eigenvalue weighted by atomic mass is 10.2. The number of thioether (sulfide) groups is 1. The highest BCUT2D eigenvalue weighted by Crippen LogP contribution is 2.34. The molecule has 4 N–H and O–H groups in total. The molecule has 1 atom stereocenters. The zero-order valence-electron chi connectivity index (χ0n) is 12.5. The summed E-state index contributed by atoms with van der Waals surface area (Å²) in [5.74, 6) is -1.12. The molecule has 3 rings (SSSR count). The van der Waals surface area contributed by atoms with Gasteiger partial charge in [0.25, 0.3) is 5.91 Å². The lowest BCUT2D eigenvalue weighted by Gasteiger charge is -2.26. The van der Waals surface area contributed by atoms with Gasteiger partial charge < -0.3 is 20.2 Å². The number of halogens is 1. The molecule has 2 aliphatic heterocycles. The van der Waals surface area contributed by atoms with E-state index in [9.17, 15) is 14.3 Å². The van der Waals surface area contributed by atoms with Gasteiger partial charge in [-0.25, -0.2) is 9.71 Å². The first-order valence-corrected chi connectivity index (χ1v) is 8.15. The summed E-state index contributed by atoms with van der Waals surface area (Å²) in [5, 5.41) is 30.9. The third-order valence-corrected chi connectivity index (χ3v) is 4.75. The van der Waals surface area contributed by atoms with Gasteiger partial charge in [-0.3, -0.25) is 4.79 Å². The van der Waals surface area contributed by atoms with E-state index in [4.69, 9.17) is 10.2 Å². The smallest absolute Gasteiger partial charge is 0.286 e. The number of benzene rings is 1. The number of carbonyl (C=O) groups is 1. The number of likely N-dealkylation sites (tertiary alicyclic amines) is 1. The Balaban J connectivity index is 1.78. The minimum atomic E-state index is -1.66. The van der Waals surface area contributed by atoms with E-state index >= 15 is 0 Å². The first-order valence-electron chi connectivity index (χ1n) is 7.34. The number of nitrogens with one attached hydrogen (secondary N) is 1. The maximum Gasteiger partial charge on any atom is 0.286 e. The van der Waals surface area contributed by atoms with Crippen molar-refractivity contribution in [1.29, 1.82) is 0 Å². The summed E-state index contributed by atoms with van der Waals surface area (Å²) in [7, 11) is 0. The Hall–Kier alpha value is -1.94. The van der Waals surface area contributed by atoms with Gasteiger partial charge in [-0.05, 0) is 48.9 Å². The molecule has 1 amide bonds. The largest absolute Gasteiger partial charge is 0.507 e. The SMILES string of the molecule is O=C1N=C(N2CCC[C@@H]2NC(O)O)S/C1=C\c1cc(F)ccc1O. The van der Waals surface area contributed by atoms with Crippen molar-refractivity contribution in [3.8, 4) is 5.75 Å². The van der Waals surface area contributed by atoms with Crippen molar-refractivity contribution in [3.05, 3.63) is 34.5 Å². The number of hydrogen-bond donors (Lipinski definition) is 4. The van der Waals surface area contributed by atoms with Crippen LogP contribution >= 0.6 is 11.8 Å². The number of hydrogen-bond acceptors (Lipinski definition) is 7. The molecule has 0 aromatic heterocycles. The zero-order chi connectivity index (χ0) is 17.3. The maximum atomic E-state index is 13.3. The fraction of sp³-hybridized carbons (Fsp3) is 0.333. The molecule has 0 unspecified atom stereocenters. The topological polar surface area (TPSA) is 105 Å². The molecule has 1 aromatic rings. The Morgan fingerprint density at radius 1 is 1.46 bits per heavy atom. The van der Waals surface area contributed by atoms with E-state index in [1.54, 1.807) is 4.90 Å². The molecule has 0 radical (unpaired) electrons. The van der Waals surface area contributed by atoms with Gasteiger partial charge in [0.2, 0.25) is 6.41 Å². The van der Waals surface area contributed by atoms with Crippen molar-refractivity contribution in [2.24, 2.45) is 4.99 Å². The van der Waals surface area contributed by atoms with Gasteiger partial charge in [0, 0.05) is 12.1 Å². The fourth-order valence-electron chi connectivity index (χ4n) is 2.64. The van der Waals surface area contributed by atoms with E-state index in [2.05, 4.69) is 10.3 Å². The zero-order valence-corrected chi connectivity index (χ0v) is 13.3. The predicted molar refractivity (Wildman–Crippen MR) is 87.2 cm³/mol. The Morgan fingerprint density at radius 3 is 3.00 bits per heavy atom. The normalized spacial score (nSPS) is 22.8. The molecule has 2 aliphatic rings. The third-order valence-electron chi connectivity index (χ3n) is 3.73. The van der Waals surface area contributed by atoms with Gasteiger partial charge in [-0.1, -0.05) is 0 Å². The van der Waals surface area contributed by atoms with E-state index in [0.29, 0.717) is 18.1 Å². The van der Waals surface area contributed by atoms with E-state index in [-0.39, 0.29) is 22.4 Å². The van der Waals surface area contributed by atoms with Crippen LogP contribution in [0.2, 0.25) is 0 Å². The van der Waals surface area contributed by atoms with E-state index in [1.807, 2.05) is 0 Å². The summed E-state index contributed by atoms with van der Waals surface area (Å²) in [4.78, 5) is 18.1. The number of aliphatic imine (C=N–C) groups is 1. The molecule has 9 heteroatoms. The van der Waals surface area contributed by atoms with Crippen molar-refractivity contribution in [2.45, 2.75) is 25.4 Å². The second-order valence-corrected chi connectivity index (χ2v) is 6.41. The Bertz CT molecular complexity index is 723. The molecule has 2 heterocycles. The van der Waals surface area contributed by atoms with E-state index in [1.165, 1.54) is 12.1 Å². The number of aliphatic hydroxyl groups is 2. The summed E-state index contributed by atoms with van der Waals surface area (Å²) in [6, 6.07) is 3.48. The molecule has 0 aliphatic carbocycles. The number of amides is 1. The number of nitrogens with zero attached hydrogens (tertiary/aromatic N) is 2. The lowest BCUT2D eigenvalue weighted by molar-refractivity contribution is -0.113. The van der Waals surface area contributed by atoms with Crippen LogP contribution < -0.4 is 5.32 Å². The Labute approximate surface area is 141 Å². The van der Waals surface area contributed by atoms with Crippen LogP contribution in [0.25, 0.3) is 6.08 Å². The highest BCUT2D eigenvalue weighted by Gasteiger charge is 2.33. The van der Waals surface area contributed by atoms with Crippen LogP contribution in [0.1, 0.15) is 18.4 Å². The van der Waals surface area contributed by atoms with Gasteiger partial charge in [-0.2, -0.15) is 4.99 Å². The number of phenolic OH excluding ortho intramolecular Hbond substituents is 1. The summed E-state index contributed by atoms with van der Waals surface area (Å²) in [6.45, 7) is 0.627. The average molecular weight is 353 g/mol. The van der Waals surface area contributed by atoms with E-state index < -0.39 is 18.1 Å². The fourth-order valence-corrected chi connectivity index (χ4v) is 3.62. The van der Waals surface area contributed by atoms with Gasteiger partial charge in [0.15, 0.2) is 5.17 Å². The average Bonchev–Trinajstić information content (AvgIpc) is 3.09. The summed E-state index contributed by atoms with van der Waals surface area (Å²) in [5.41, 5.74) is 0.198. The van der Waals surface area contributed by atoms with Crippen LogP contribution in [0.3, 0.4) is 0 Å². The molecular formula is C15H16FN3O4S. The monoisotopic (exact) mass is 353 g/mol. The van der Waals surface area contributed by atoms with Gasteiger partial charge in [-0.15, -0.1) is 0 Å². The number of carbonyl (C=O) groups excluding carboxylic acids is 1. The maximum absolute atomic E-state index is 13.3. The van der Waals surface area contributed by atoms with Gasteiger partial charge in [0.1, 0.15) is 11.6 Å². The molecule has 7 nitrogen and oxygen atoms in total. The predicted octanol–water partition coefficient (Wildman–Crippen LogP) is 0.781. The standard InChI is InChI=1S/C15H16FN3O4S/c16-9-3-4-10(20)8(6-9)7-11-13(21)18-14(24-11)19-5-1-2-12(19)17-15(22)23/h3-4,6-7,12,15,17,20,22-23H,1-2,5H2/b11-7-/t12-/m1/s1. The quantitative estimate of drug-likeness (QED) is 0.470. The summed E-state index contributed by atoms with van der Waals surface area (Å²) >= 11 is 1.11. The van der Waals surface area contributed by atoms with E-state index in [0.717, 1.165) is 30.3 Å². The Kier molecular flexibility index (Phi) is 4.86. The third kappa shape index (κ3) is 3.59. The number of aromatic hydroxyl groups is 1. The molecule has 0 bridgehead atoms. The minimum absolute atomic E-state index is 0.130. The van der Waals surface area contributed by atoms with Crippen molar-refractivity contribution < 1.29 is 24.5 Å². The number of amidine groups is 1. The highest BCUT2D eigenvalue weighted by molar-refractivity contribution is 8.18. The van der Waals surface area contributed by atoms with Gasteiger partial charge >= 0.3 is 0 Å². The van der Waals surface area contributed by atoms with Crippen molar-refractivity contribution in [3.63, 3.8) is 0 Å². The minimum Gasteiger partial charge on any atom is -0.507 e. The van der Waals surface area contributed by atoms with Crippen LogP contribution in [0, 0.1) is 5.82 Å². The summed E-state index contributed by atoms with van der Waals surface area (Å²) in [6.07, 6.45) is 0.918. The molecular weight excluding hydrogens is 337 g/mol.